The van der Waals surface area contributed by atoms with Crippen molar-refractivity contribution in [3.63, 3.8) is 0 Å². The Morgan fingerprint density at radius 2 is 2.39 bits per heavy atom. The fraction of sp³-hybridized carbons (Fsp3) is 0.385. The number of fused-ring (bicyclic) bond motifs is 1. The average Bonchev–Trinajstić information content (AvgIpc) is 2.82. The molecule has 0 atom stereocenters. The third-order valence-electron chi connectivity index (χ3n) is 2.96. The third-order valence-corrected chi connectivity index (χ3v) is 2.96. The van der Waals surface area contributed by atoms with Crippen LogP contribution in [0.2, 0.25) is 0 Å². The molecule has 0 unspecified atom stereocenters. The zero-order valence-electron chi connectivity index (χ0n) is 10.3. The van der Waals surface area contributed by atoms with Crippen LogP contribution in [0.3, 0.4) is 0 Å². The van der Waals surface area contributed by atoms with E-state index in [0.29, 0.717) is 18.3 Å². The van der Waals surface area contributed by atoms with Crippen molar-refractivity contribution >= 4 is 5.69 Å². The molecule has 18 heavy (non-hydrogen) atoms. The summed E-state index contributed by atoms with van der Waals surface area (Å²) in [6.07, 6.45) is 2.27. The predicted octanol–water partition coefficient (Wildman–Crippen LogP) is 2.32. The number of para-hydroxylation sites is 1. The minimum Gasteiger partial charge on any atom is -0.483 e. The summed E-state index contributed by atoms with van der Waals surface area (Å²) in [6, 6.07) is 6.11. The minimum absolute atomic E-state index is 0.329. The van der Waals surface area contributed by atoms with Crippen LogP contribution in [0.25, 0.3) is 0 Å². The highest BCUT2D eigenvalue weighted by Gasteiger charge is 2.13. The van der Waals surface area contributed by atoms with Crippen molar-refractivity contribution in [2.75, 3.05) is 11.9 Å². The highest BCUT2D eigenvalue weighted by Crippen LogP contribution is 2.32. The molecule has 0 saturated heterocycles. The van der Waals surface area contributed by atoms with E-state index in [2.05, 4.69) is 21.5 Å². The molecule has 1 aliphatic heterocycles. The van der Waals surface area contributed by atoms with Gasteiger partial charge in [0, 0.05) is 13.5 Å². The van der Waals surface area contributed by atoms with E-state index >= 15 is 0 Å². The van der Waals surface area contributed by atoms with Gasteiger partial charge >= 0.3 is 0 Å². The van der Waals surface area contributed by atoms with E-state index in [-0.39, 0.29) is 0 Å². The maximum atomic E-state index is 5.76. The Bertz CT molecular complexity index is 551. The van der Waals surface area contributed by atoms with Crippen molar-refractivity contribution in [2.24, 2.45) is 0 Å². The summed E-state index contributed by atoms with van der Waals surface area (Å²) < 4.78 is 10.7. The first-order valence-corrected chi connectivity index (χ1v) is 6.10. The summed E-state index contributed by atoms with van der Waals surface area (Å²) in [6.45, 7) is 3.09. The maximum absolute atomic E-state index is 5.76. The minimum atomic E-state index is 0.329. The lowest BCUT2D eigenvalue weighted by Gasteiger charge is -2.20. The van der Waals surface area contributed by atoms with Gasteiger partial charge in [0.05, 0.1) is 5.69 Å². The standard InChI is InChI=1S/C13H15N3O2/c1-9-15-12(16-18-9)8-17-11-6-2-4-10-5-3-7-14-13(10)11/h2,4,6,14H,3,5,7-8H2,1H3. The van der Waals surface area contributed by atoms with E-state index in [4.69, 9.17) is 9.26 Å². The SMILES string of the molecule is Cc1nc(COc2cccc3c2NCCC3)no1. The van der Waals surface area contributed by atoms with Crippen LogP contribution >= 0.6 is 0 Å². The van der Waals surface area contributed by atoms with Crippen LogP contribution in [0.5, 0.6) is 5.75 Å². The Morgan fingerprint density at radius 3 is 3.22 bits per heavy atom. The molecule has 94 valence electrons. The van der Waals surface area contributed by atoms with Crippen LogP contribution in [0.15, 0.2) is 22.7 Å². The molecule has 0 amide bonds. The number of anilines is 1. The first kappa shape index (κ1) is 11.1. The van der Waals surface area contributed by atoms with Gasteiger partial charge in [-0.3, -0.25) is 0 Å². The Morgan fingerprint density at radius 1 is 1.44 bits per heavy atom. The number of nitrogens with one attached hydrogen (secondary N) is 1. The number of aromatic nitrogens is 2. The van der Waals surface area contributed by atoms with E-state index in [9.17, 15) is 0 Å². The van der Waals surface area contributed by atoms with Crippen LogP contribution in [-0.2, 0) is 13.0 Å². The van der Waals surface area contributed by atoms with Crippen LogP contribution in [0.4, 0.5) is 5.69 Å². The van der Waals surface area contributed by atoms with Crippen LogP contribution in [0, 0.1) is 6.92 Å². The van der Waals surface area contributed by atoms with Gasteiger partial charge in [-0.15, -0.1) is 0 Å². The van der Waals surface area contributed by atoms with Gasteiger partial charge in [-0.2, -0.15) is 4.98 Å². The normalized spacial score (nSPS) is 13.8. The predicted molar refractivity (Wildman–Crippen MR) is 66.6 cm³/mol. The molecule has 0 saturated carbocycles. The number of rotatable bonds is 3. The summed E-state index contributed by atoms with van der Waals surface area (Å²) in [5.41, 5.74) is 2.41. The molecule has 0 fully saturated rings. The van der Waals surface area contributed by atoms with Gasteiger partial charge in [-0.25, -0.2) is 0 Å². The molecule has 2 aromatic rings. The monoisotopic (exact) mass is 245 g/mol. The number of benzene rings is 1. The highest BCUT2D eigenvalue weighted by atomic mass is 16.5. The van der Waals surface area contributed by atoms with Gasteiger partial charge in [-0.1, -0.05) is 17.3 Å². The molecule has 1 aromatic carbocycles. The van der Waals surface area contributed by atoms with Gasteiger partial charge in [0.25, 0.3) is 0 Å². The molecular weight excluding hydrogens is 230 g/mol. The highest BCUT2D eigenvalue weighted by molar-refractivity contribution is 5.63. The maximum Gasteiger partial charge on any atom is 0.223 e. The fourth-order valence-corrected chi connectivity index (χ4v) is 2.14. The van der Waals surface area contributed by atoms with Crippen molar-refractivity contribution in [1.29, 1.82) is 0 Å². The first-order chi connectivity index (χ1) is 8.83. The fourth-order valence-electron chi connectivity index (χ4n) is 2.14. The average molecular weight is 245 g/mol. The van der Waals surface area contributed by atoms with E-state index in [1.54, 1.807) is 6.92 Å². The molecule has 2 heterocycles. The lowest BCUT2D eigenvalue weighted by Crippen LogP contribution is -2.13. The summed E-state index contributed by atoms with van der Waals surface area (Å²) in [7, 11) is 0. The van der Waals surface area contributed by atoms with Crippen molar-refractivity contribution in [1.82, 2.24) is 10.1 Å². The molecule has 3 rings (SSSR count). The van der Waals surface area contributed by atoms with Gasteiger partial charge in [0.1, 0.15) is 5.75 Å². The Kier molecular flexibility index (Phi) is 2.88. The lowest BCUT2D eigenvalue weighted by molar-refractivity contribution is 0.286. The smallest absolute Gasteiger partial charge is 0.223 e. The molecule has 0 aliphatic carbocycles. The molecule has 1 aliphatic rings. The molecule has 0 spiro atoms. The molecule has 5 nitrogen and oxygen atoms in total. The third kappa shape index (κ3) is 2.16. The van der Waals surface area contributed by atoms with E-state index in [0.717, 1.165) is 24.4 Å². The Balaban J connectivity index is 1.76. The number of nitrogens with zero attached hydrogens (tertiary/aromatic N) is 2. The quantitative estimate of drug-likeness (QED) is 0.899. The second-order valence-electron chi connectivity index (χ2n) is 4.34. The van der Waals surface area contributed by atoms with Gasteiger partial charge in [-0.05, 0) is 24.5 Å². The van der Waals surface area contributed by atoms with E-state index in [1.165, 1.54) is 12.0 Å². The summed E-state index contributed by atoms with van der Waals surface area (Å²) in [5.74, 6) is 1.98. The molecule has 0 radical (unpaired) electrons. The molecule has 1 aromatic heterocycles. The second kappa shape index (κ2) is 4.68. The van der Waals surface area contributed by atoms with Gasteiger partial charge < -0.3 is 14.6 Å². The van der Waals surface area contributed by atoms with Crippen LogP contribution < -0.4 is 10.1 Å². The van der Waals surface area contributed by atoms with Crippen LogP contribution in [-0.4, -0.2) is 16.7 Å². The summed E-state index contributed by atoms with van der Waals surface area (Å²) in [5, 5.41) is 7.19. The van der Waals surface area contributed by atoms with Gasteiger partial charge in [0.15, 0.2) is 6.61 Å². The molecule has 0 bridgehead atoms. The largest absolute Gasteiger partial charge is 0.483 e. The molecule has 1 N–H and O–H groups in total. The van der Waals surface area contributed by atoms with Crippen molar-refractivity contribution in [3.8, 4) is 5.75 Å². The van der Waals surface area contributed by atoms with Crippen molar-refractivity contribution in [2.45, 2.75) is 26.4 Å². The molecular formula is C13H15N3O2. The summed E-state index contributed by atoms with van der Waals surface area (Å²) >= 11 is 0. The number of ether oxygens (including phenoxy) is 1. The first-order valence-electron chi connectivity index (χ1n) is 6.10. The zero-order chi connectivity index (χ0) is 12.4. The zero-order valence-corrected chi connectivity index (χ0v) is 10.3. The van der Waals surface area contributed by atoms with Crippen molar-refractivity contribution < 1.29 is 9.26 Å². The Hall–Kier alpha value is -2.04. The molecule has 5 heteroatoms. The second-order valence-corrected chi connectivity index (χ2v) is 4.34. The van der Waals surface area contributed by atoms with Crippen LogP contribution in [0.1, 0.15) is 23.7 Å². The topological polar surface area (TPSA) is 60.2 Å². The Labute approximate surface area is 105 Å². The van der Waals surface area contributed by atoms with E-state index in [1.807, 2.05) is 12.1 Å². The lowest BCUT2D eigenvalue weighted by atomic mass is 10.0. The van der Waals surface area contributed by atoms with Gasteiger partial charge in [0.2, 0.25) is 11.7 Å². The van der Waals surface area contributed by atoms with Crippen molar-refractivity contribution in [3.05, 3.63) is 35.5 Å². The number of hydrogen-bond acceptors (Lipinski definition) is 5. The number of aryl methyl sites for hydroxylation is 2. The number of hydrogen-bond donors (Lipinski definition) is 1. The van der Waals surface area contributed by atoms with E-state index < -0.39 is 0 Å². The summed E-state index contributed by atoms with van der Waals surface area (Å²) in [4.78, 5) is 4.11.